The average molecular weight is 310 g/mol. The van der Waals surface area contributed by atoms with Crippen LogP contribution < -0.4 is 0 Å². The highest BCUT2D eigenvalue weighted by Crippen LogP contribution is 2.55. The van der Waals surface area contributed by atoms with Gasteiger partial charge in [0.25, 0.3) is 0 Å². The zero-order chi connectivity index (χ0) is 16.5. The minimum Gasteiger partial charge on any atom is -0.0619 e. The van der Waals surface area contributed by atoms with Crippen LogP contribution in [0.2, 0.25) is 0 Å². The Balaban J connectivity index is 1.83. The topological polar surface area (TPSA) is 0 Å². The van der Waals surface area contributed by atoms with Gasteiger partial charge in [-0.05, 0) is 44.4 Å². The molecule has 3 aliphatic rings. The summed E-state index contributed by atoms with van der Waals surface area (Å²) in [7, 11) is 0. The molecule has 0 heterocycles. The minimum absolute atomic E-state index is 0.185. The van der Waals surface area contributed by atoms with E-state index < -0.39 is 0 Å². The van der Waals surface area contributed by atoms with Crippen molar-refractivity contribution in [3.63, 3.8) is 0 Å². The molecule has 0 spiro atoms. The predicted molar refractivity (Wildman–Crippen MR) is 99.9 cm³/mol. The molecule has 0 atom stereocenters. The first kappa shape index (κ1) is 14.0. The van der Waals surface area contributed by atoms with Gasteiger partial charge in [0, 0.05) is 11.8 Å². The van der Waals surface area contributed by atoms with Gasteiger partial charge in [-0.25, -0.2) is 0 Å². The van der Waals surface area contributed by atoms with Gasteiger partial charge in [-0.1, -0.05) is 87.5 Å². The maximum Gasteiger partial charge on any atom is 0.0349 e. The Morgan fingerprint density at radius 2 is 0.958 bits per heavy atom. The SMILES string of the molecule is CC(C)(C)c1ccc2c(c1)C1c3ccccc3C2c2ccccc21. The molecule has 0 unspecified atom stereocenters. The summed E-state index contributed by atoms with van der Waals surface area (Å²) in [5.74, 6) is 0.783. The Morgan fingerprint density at radius 3 is 1.42 bits per heavy atom. The first-order chi connectivity index (χ1) is 11.6. The Bertz CT molecular complexity index is 908. The van der Waals surface area contributed by atoms with E-state index in [4.69, 9.17) is 0 Å². The Labute approximate surface area is 144 Å². The van der Waals surface area contributed by atoms with Crippen molar-refractivity contribution in [1.82, 2.24) is 0 Å². The maximum atomic E-state index is 2.47. The van der Waals surface area contributed by atoms with Gasteiger partial charge in [0.1, 0.15) is 0 Å². The van der Waals surface area contributed by atoms with Crippen LogP contribution in [0.4, 0.5) is 0 Å². The summed E-state index contributed by atoms with van der Waals surface area (Å²) in [6.07, 6.45) is 0. The molecule has 0 heteroatoms. The van der Waals surface area contributed by atoms with Crippen molar-refractivity contribution in [2.45, 2.75) is 38.0 Å². The zero-order valence-corrected chi connectivity index (χ0v) is 14.5. The first-order valence-corrected chi connectivity index (χ1v) is 8.87. The summed E-state index contributed by atoms with van der Waals surface area (Å²) in [6.45, 7) is 6.91. The second kappa shape index (κ2) is 4.60. The molecule has 3 aromatic rings. The minimum atomic E-state index is 0.185. The van der Waals surface area contributed by atoms with Crippen LogP contribution in [0.5, 0.6) is 0 Å². The largest absolute Gasteiger partial charge is 0.0619 e. The van der Waals surface area contributed by atoms with Crippen molar-refractivity contribution < 1.29 is 0 Å². The third kappa shape index (κ3) is 1.74. The molecule has 24 heavy (non-hydrogen) atoms. The molecule has 0 nitrogen and oxygen atoms in total. The maximum absolute atomic E-state index is 2.47. The van der Waals surface area contributed by atoms with Crippen LogP contribution in [0, 0.1) is 0 Å². The Kier molecular flexibility index (Phi) is 2.69. The molecule has 0 N–H and O–H groups in total. The van der Waals surface area contributed by atoms with Crippen molar-refractivity contribution in [1.29, 1.82) is 0 Å². The van der Waals surface area contributed by atoms with Gasteiger partial charge in [0.2, 0.25) is 0 Å². The van der Waals surface area contributed by atoms with Gasteiger partial charge in [-0.3, -0.25) is 0 Å². The molecule has 0 fully saturated rings. The van der Waals surface area contributed by atoms with Crippen LogP contribution in [0.3, 0.4) is 0 Å². The van der Waals surface area contributed by atoms with Crippen LogP contribution in [0.15, 0.2) is 66.7 Å². The second-order valence-corrected chi connectivity index (χ2v) is 8.22. The lowest BCUT2D eigenvalue weighted by molar-refractivity contribution is 0.587. The number of hydrogen-bond donors (Lipinski definition) is 0. The summed E-state index contributed by atoms with van der Waals surface area (Å²) in [6, 6.07) is 25.3. The van der Waals surface area contributed by atoms with E-state index in [0.29, 0.717) is 11.8 Å². The molecular formula is C24H22. The predicted octanol–water partition coefficient (Wildman–Crippen LogP) is 5.97. The van der Waals surface area contributed by atoms with Crippen LogP contribution in [0.1, 0.15) is 71.6 Å². The van der Waals surface area contributed by atoms with E-state index in [9.17, 15) is 0 Å². The molecular weight excluding hydrogens is 288 g/mol. The Morgan fingerprint density at radius 1 is 0.542 bits per heavy atom. The van der Waals surface area contributed by atoms with Crippen molar-refractivity contribution in [2.75, 3.05) is 0 Å². The molecule has 0 saturated heterocycles. The quantitative estimate of drug-likeness (QED) is 0.330. The van der Waals surface area contributed by atoms with E-state index in [1.54, 1.807) is 0 Å². The fourth-order valence-electron chi connectivity index (χ4n) is 4.63. The third-order valence-electron chi connectivity index (χ3n) is 5.81. The lowest BCUT2D eigenvalue weighted by atomic mass is 9.60. The molecule has 3 aliphatic carbocycles. The zero-order valence-electron chi connectivity index (χ0n) is 14.5. The highest BCUT2D eigenvalue weighted by Gasteiger charge is 2.41. The molecule has 0 amide bonds. The second-order valence-electron chi connectivity index (χ2n) is 8.22. The van der Waals surface area contributed by atoms with Gasteiger partial charge in [0.05, 0.1) is 0 Å². The summed E-state index contributed by atoms with van der Waals surface area (Å²) in [5.41, 5.74) is 10.6. The van der Waals surface area contributed by atoms with Gasteiger partial charge >= 0.3 is 0 Å². The van der Waals surface area contributed by atoms with Gasteiger partial charge in [-0.2, -0.15) is 0 Å². The summed E-state index contributed by atoms with van der Waals surface area (Å²) in [5, 5.41) is 0. The fraction of sp³-hybridized carbons (Fsp3) is 0.250. The lowest BCUT2D eigenvalue weighted by Crippen LogP contribution is -2.28. The van der Waals surface area contributed by atoms with Crippen LogP contribution in [-0.2, 0) is 5.41 Å². The highest BCUT2D eigenvalue weighted by atomic mass is 14.4. The van der Waals surface area contributed by atoms with E-state index in [2.05, 4.69) is 87.5 Å². The fourth-order valence-corrected chi connectivity index (χ4v) is 4.63. The first-order valence-electron chi connectivity index (χ1n) is 8.87. The van der Waals surface area contributed by atoms with E-state index >= 15 is 0 Å². The number of rotatable bonds is 0. The smallest absolute Gasteiger partial charge is 0.0349 e. The van der Waals surface area contributed by atoms with Gasteiger partial charge in [-0.15, -0.1) is 0 Å². The van der Waals surface area contributed by atoms with Crippen molar-refractivity contribution >= 4 is 0 Å². The van der Waals surface area contributed by atoms with Crippen LogP contribution in [-0.4, -0.2) is 0 Å². The molecule has 118 valence electrons. The summed E-state index contributed by atoms with van der Waals surface area (Å²) in [4.78, 5) is 0. The molecule has 2 bridgehead atoms. The number of benzene rings is 3. The molecule has 0 radical (unpaired) electrons. The van der Waals surface area contributed by atoms with Gasteiger partial charge < -0.3 is 0 Å². The average Bonchev–Trinajstić information content (AvgIpc) is 2.60. The standard InChI is InChI=1S/C24H22/c1-24(2,3)15-12-13-20-21(14-15)23-18-10-6-4-8-16(18)22(20)17-9-5-7-11-19(17)23/h4-14,22-23H,1-3H3. The third-order valence-corrected chi connectivity index (χ3v) is 5.81. The Hall–Kier alpha value is -2.34. The summed E-state index contributed by atoms with van der Waals surface area (Å²) < 4.78 is 0. The number of hydrogen-bond acceptors (Lipinski definition) is 0. The molecule has 0 aliphatic heterocycles. The van der Waals surface area contributed by atoms with Gasteiger partial charge in [0.15, 0.2) is 0 Å². The van der Waals surface area contributed by atoms with E-state index in [-0.39, 0.29) is 5.41 Å². The van der Waals surface area contributed by atoms with E-state index in [1.807, 2.05) is 0 Å². The van der Waals surface area contributed by atoms with E-state index in [1.165, 1.54) is 38.9 Å². The van der Waals surface area contributed by atoms with Crippen molar-refractivity contribution in [3.05, 3.63) is 106 Å². The molecule has 3 aromatic carbocycles. The molecule has 6 rings (SSSR count). The monoisotopic (exact) mass is 310 g/mol. The van der Waals surface area contributed by atoms with Crippen LogP contribution >= 0.6 is 0 Å². The normalized spacial score (nSPS) is 20.3. The van der Waals surface area contributed by atoms with Crippen molar-refractivity contribution in [2.24, 2.45) is 0 Å². The lowest BCUT2D eigenvalue weighted by Gasteiger charge is -2.42. The highest BCUT2D eigenvalue weighted by molar-refractivity contribution is 5.68. The summed E-state index contributed by atoms with van der Waals surface area (Å²) >= 11 is 0. The molecule has 0 aromatic heterocycles. The van der Waals surface area contributed by atoms with E-state index in [0.717, 1.165) is 0 Å². The van der Waals surface area contributed by atoms with Crippen molar-refractivity contribution in [3.8, 4) is 0 Å². The molecule has 0 saturated carbocycles. The van der Waals surface area contributed by atoms with Crippen LogP contribution in [0.25, 0.3) is 0 Å².